The quantitative estimate of drug-likeness (QED) is 0.914. The summed E-state index contributed by atoms with van der Waals surface area (Å²) in [4.78, 5) is 19.9. The molecular weight excluding hydrogens is 304 g/mol. The summed E-state index contributed by atoms with van der Waals surface area (Å²) in [6.07, 6.45) is 1.35. The number of hydrogen-bond donors (Lipinski definition) is 1. The molecular formula is C18H26N4O2. The number of benzene rings is 1. The van der Waals surface area contributed by atoms with Crippen molar-refractivity contribution in [2.24, 2.45) is 0 Å². The van der Waals surface area contributed by atoms with Crippen LogP contribution >= 0.6 is 0 Å². The number of hydrogen-bond acceptors (Lipinski definition) is 4. The van der Waals surface area contributed by atoms with E-state index in [1.165, 1.54) is 11.1 Å². The van der Waals surface area contributed by atoms with Crippen LogP contribution < -0.4 is 0 Å². The number of β-amino-alcohol motifs (C(OH)–C–C–N with tert-alkyl or cyclic N) is 1. The molecule has 1 aromatic carbocycles. The van der Waals surface area contributed by atoms with E-state index >= 15 is 0 Å². The fourth-order valence-electron chi connectivity index (χ4n) is 3.29. The number of rotatable bonds is 4. The highest BCUT2D eigenvalue weighted by Crippen LogP contribution is 2.18. The summed E-state index contributed by atoms with van der Waals surface area (Å²) in [5.74, 6) is 0.130. The fraction of sp³-hybridized carbons (Fsp3) is 0.556. The van der Waals surface area contributed by atoms with Gasteiger partial charge in [0, 0.05) is 39.6 Å². The molecule has 1 aromatic heterocycles. The summed E-state index contributed by atoms with van der Waals surface area (Å²) >= 11 is 0. The number of nitrogens with zero attached hydrogens (tertiary/aromatic N) is 4. The number of imidazole rings is 1. The van der Waals surface area contributed by atoms with Crippen molar-refractivity contribution < 1.29 is 9.90 Å². The molecule has 0 spiro atoms. The largest absolute Gasteiger partial charge is 0.390 e. The lowest BCUT2D eigenvalue weighted by Crippen LogP contribution is -2.50. The maximum atomic E-state index is 11.4. The average molecular weight is 330 g/mol. The molecule has 1 atom stereocenters. The molecule has 1 N–H and O–H groups in total. The Bertz CT molecular complexity index is 732. The second-order valence-corrected chi connectivity index (χ2v) is 6.78. The summed E-state index contributed by atoms with van der Waals surface area (Å²) in [5, 5.41) is 10.5. The van der Waals surface area contributed by atoms with Gasteiger partial charge >= 0.3 is 0 Å². The molecule has 24 heavy (non-hydrogen) atoms. The van der Waals surface area contributed by atoms with Crippen LogP contribution in [0.2, 0.25) is 0 Å². The van der Waals surface area contributed by atoms with Gasteiger partial charge in [0.2, 0.25) is 5.91 Å². The third kappa shape index (κ3) is 3.60. The fourth-order valence-corrected chi connectivity index (χ4v) is 3.29. The topological polar surface area (TPSA) is 61.6 Å². The summed E-state index contributed by atoms with van der Waals surface area (Å²) in [6.45, 7) is 10.1. The van der Waals surface area contributed by atoms with Gasteiger partial charge in [-0.05, 0) is 37.1 Å². The Morgan fingerprint density at radius 2 is 1.83 bits per heavy atom. The number of aliphatic hydroxyl groups excluding tert-OH is 1. The van der Waals surface area contributed by atoms with Gasteiger partial charge in [0.05, 0.1) is 30.0 Å². The molecule has 0 bridgehead atoms. The molecule has 1 aliphatic rings. The molecule has 0 radical (unpaired) electrons. The van der Waals surface area contributed by atoms with E-state index < -0.39 is 6.10 Å². The van der Waals surface area contributed by atoms with Gasteiger partial charge in [-0.2, -0.15) is 0 Å². The number of amides is 1. The minimum absolute atomic E-state index is 0.130. The molecule has 2 aromatic rings. The summed E-state index contributed by atoms with van der Waals surface area (Å²) in [5.41, 5.74) is 4.51. The highest BCUT2D eigenvalue weighted by atomic mass is 16.3. The Kier molecular flexibility index (Phi) is 4.87. The smallest absolute Gasteiger partial charge is 0.219 e. The van der Waals surface area contributed by atoms with Crippen molar-refractivity contribution in [1.82, 2.24) is 19.4 Å². The lowest BCUT2D eigenvalue weighted by atomic mass is 10.1. The van der Waals surface area contributed by atoms with Crippen molar-refractivity contribution in [3.8, 4) is 0 Å². The van der Waals surface area contributed by atoms with Gasteiger partial charge in [-0.25, -0.2) is 4.98 Å². The maximum Gasteiger partial charge on any atom is 0.219 e. The van der Waals surface area contributed by atoms with Gasteiger partial charge in [-0.3, -0.25) is 9.69 Å². The second-order valence-electron chi connectivity index (χ2n) is 6.78. The predicted octanol–water partition coefficient (Wildman–Crippen LogP) is 1.18. The lowest BCUT2D eigenvalue weighted by molar-refractivity contribution is -0.130. The first-order valence-corrected chi connectivity index (χ1v) is 8.52. The van der Waals surface area contributed by atoms with Gasteiger partial charge in [-0.1, -0.05) is 0 Å². The Morgan fingerprint density at radius 1 is 1.17 bits per heavy atom. The number of carbonyl (C=O) groups is 1. The van der Waals surface area contributed by atoms with Crippen molar-refractivity contribution >= 4 is 16.9 Å². The van der Waals surface area contributed by atoms with E-state index in [0.29, 0.717) is 13.1 Å². The highest BCUT2D eigenvalue weighted by Gasteiger charge is 2.21. The first-order chi connectivity index (χ1) is 11.4. The van der Waals surface area contributed by atoms with Gasteiger partial charge in [0.15, 0.2) is 0 Å². The van der Waals surface area contributed by atoms with Crippen LogP contribution in [0.15, 0.2) is 18.5 Å². The summed E-state index contributed by atoms with van der Waals surface area (Å²) < 4.78 is 2.03. The van der Waals surface area contributed by atoms with Crippen LogP contribution in [-0.2, 0) is 11.3 Å². The third-order valence-electron chi connectivity index (χ3n) is 4.93. The summed E-state index contributed by atoms with van der Waals surface area (Å²) in [6, 6.07) is 4.23. The normalized spacial score (nSPS) is 17.4. The van der Waals surface area contributed by atoms with Crippen molar-refractivity contribution in [3.05, 3.63) is 29.6 Å². The first-order valence-electron chi connectivity index (χ1n) is 8.52. The zero-order valence-corrected chi connectivity index (χ0v) is 14.7. The van der Waals surface area contributed by atoms with Gasteiger partial charge in [-0.15, -0.1) is 0 Å². The standard InChI is InChI=1S/C18H26N4O2/c1-13-8-17-18(9-14(13)2)22(12-19-17)11-16(24)10-20-4-6-21(7-5-20)15(3)23/h8-9,12,16,24H,4-7,10-11H2,1-3H3. The van der Waals surface area contributed by atoms with Crippen molar-refractivity contribution in [2.75, 3.05) is 32.7 Å². The van der Waals surface area contributed by atoms with E-state index in [2.05, 4.69) is 35.9 Å². The molecule has 6 nitrogen and oxygen atoms in total. The number of aliphatic hydroxyl groups is 1. The van der Waals surface area contributed by atoms with Crippen LogP contribution in [0.4, 0.5) is 0 Å². The van der Waals surface area contributed by atoms with Crippen molar-refractivity contribution in [2.45, 2.75) is 33.4 Å². The van der Waals surface area contributed by atoms with Gasteiger partial charge in [0.25, 0.3) is 0 Å². The van der Waals surface area contributed by atoms with E-state index in [0.717, 1.165) is 37.2 Å². The highest BCUT2D eigenvalue weighted by molar-refractivity contribution is 5.77. The van der Waals surface area contributed by atoms with Crippen LogP contribution in [0, 0.1) is 13.8 Å². The molecule has 0 saturated carbocycles. The molecule has 1 aliphatic heterocycles. The molecule has 130 valence electrons. The van der Waals surface area contributed by atoms with E-state index in [1.807, 2.05) is 9.47 Å². The molecule has 3 rings (SSSR count). The molecule has 1 unspecified atom stereocenters. The van der Waals surface area contributed by atoms with Crippen LogP contribution in [0.25, 0.3) is 11.0 Å². The zero-order valence-electron chi connectivity index (χ0n) is 14.7. The van der Waals surface area contributed by atoms with E-state index in [9.17, 15) is 9.90 Å². The van der Waals surface area contributed by atoms with Gasteiger partial charge in [0.1, 0.15) is 0 Å². The molecule has 1 saturated heterocycles. The monoisotopic (exact) mass is 330 g/mol. The predicted molar refractivity (Wildman–Crippen MR) is 93.9 cm³/mol. The van der Waals surface area contributed by atoms with Crippen LogP contribution in [0.5, 0.6) is 0 Å². The molecule has 2 heterocycles. The molecule has 6 heteroatoms. The number of fused-ring (bicyclic) bond motifs is 1. The Morgan fingerprint density at radius 3 is 2.50 bits per heavy atom. The number of carbonyl (C=O) groups excluding carboxylic acids is 1. The van der Waals surface area contributed by atoms with Crippen molar-refractivity contribution in [3.63, 3.8) is 0 Å². The second kappa shape index (κ2) is 6.91. The SMILES string of the molecule is CC(=O)N1CCN(CC(O)Cn2cnc3cc(C)c(C)cc32)CC1. The first kappa shape index (κ1) is 16.9. The van der Waals surface area contributed by atoms with Crippen LogP contribution in [0.3, 0.4) is 0 Å². The minimum Gasteiger partial charge on any atom is -0.390 e. The maximum absolute atomic E-state index is 11.4. The number of piperazine rings is 1. The molecule has 1 amide bonds. The Balaban J connectivity index is 1.60. The molecule has 1 fully saturated rings. The number of aromatic nitrogens is 2. The summed E-state index contributed by atoms with van der Waals surface area (Å²) in [7, 11) is 0. The minimum atomic E-state index is -0.451. The van der Waals surface area contributed by atoms with Crippen LogP contribution in [-0.4, -0.2) is 69.2 Å². The third-order valence-corrected chi connectivity index (χ3v) is 4.93. The molecule has 0 aliphatic carbocycles. The van der Waals surface area contributed by atoms with Gasteiger partial charge < -0.3 is 14.6 Å². The van der Waals surface area contributed by atoms with Crippen LogP contribution in [0.1, 0.15) is 18.1 Å². The van der Waals surface area contributed by atoms with E-state index in [1.54, 1.807) is 13.3 Å². The number of aryl methyl sites for hydroxylation is 2. The van der Waals surface area contributed by atoms with Crippen molar-refractivity contribution in [1.29, 1.82) is 0 Å². The Labute approximate surface area is 142 Å². The Hall–Kier alpha value is -1.92. The van der Waals surface area contributed by atoms with E-state index in [4.69, 9.17) is 0 Å². The zero-order chi connectivity index (χ0) is 17.3. The average Bonchev–Trinajstić information content (AvgIpc) is 2.90. The van der Waals surface area contributed by atoms with E-state index in [-0.39, 0.29) is 5.91 Å². The lowest BCUT2D eigenvalue weighted by Gasteiger charge is -2.35.